The molecule has 1 saturated carbocycles. The predicted molar refractivity (Wildman–Crippen MR) is 199 cm³/mol. The molecular formula is C39H43Cl2N3O5S. The van der Waals surface area contributed by atoms with Gasteiger partial charge in [-0.1, -0.05) is 96.6 Å². The molecule has 11 heteroatoms. The molecule has 1 N–H and O–H groups in total. The van der Waals surface area contributed by atoms with E-state index in [0.29, 0.717) is 28.0 Å². The molecule has 1 atom stereocenters. The van der Waals surface area contributed by atoms with Crippen LogP contribution in [0.5, 0.6) is 5.75 Å². The fraction of sp³-hybridized carbons (Fsp3) is 0.333. The highest BCUT2D eigenvalue weighted by Crippen LogP contribution is 2.30. The molecule has 5 rings (SSSR count). The first kappa shape index (κ1) is 37.2. The average molecular weight is 737 g/mol. The van der Waals surface area contributed by atoms with Crippen molar-refractivity contribution in [2.24, 2.45) is 0 Å². The fourth-order valence-electron chi connectivity index (χ4n) is 6.19. The fourth-order valence-corrected chi connectivity index (χ4v) is 8.12. The number of amides is 2. The molecule has 0 heterocycles. The Labute approximate surface area is 305 Å². The number of carbonyl (C=O) groups is 2. The van der Waals surface area contributed by atoms with Crippen LogP contribution < -0.4 is 14.4 Å². The molecule has 8 nitrogen and oxygen atoms in total. The lowest BCUT2D eigenvalue weighted by atomic mass is 9.94. The van der Waals surface area contributed by atoms with Crippen LogP contribution in [0.1, 0.15) is 55.7 Å². The van der Waals surface area contributed by atoms with E-state index in [1.165, 1.54) is 17.0 Å². The van der Waals surface area contributed by atoms with Gasteiger partial charge in [-0.05, 0) is 80.8 Å². The normalized spacial score (nSPS) is 14.1. The van der Waals surface area contributed by atoms with E-state index in [1.807, 2.05) is 44.2 Å². The number of rotatable bonds is 14. The summed E-state index contributed by atoms with van der Waals surface area (Å²) in [4.78, 5) is 30.6. The topological polar surface area (TPSA) is 96.0 Å². The molecule has 0 aromatic heterocycles. The second-order valence-corrected chi connectivity index (χ2v) is 15.2. The van der Waals surface area contributed by atoms with Gasteiger partial charge in [-0.3, -0.25) is 13.9 Å². The zero-order valence-electron chi connectivity index (χ0n) is 28.4. The molecule has 0 spiro atoms. The molecule has 1 unspecified atom stereocenters. The predicted octanol–water partition coefficient (Wildman–Crippen LogP) is 7.98. The van der Waals surface area contributed by atoms with Crippen molar-refractivity contribution in [1.82, 2.24) is 10.2 Å². The number of hydrogen-bond acceptors (Lipinski definition) is 5. The Morgan fingerprint density at radius 3 is 2.12 bits per heavy atom. The van der Waals surface area contributed by atoms with Crippen LogP contribution in [0.4, 0.5) is 5.69 Å². The summed E-state index contributed by atoms with van der Waals surface area (Å²) in [6.07, 6.45) is 5.05. The summed E-state index contributed by atoms with van der Waals surface area (Å²) < 4.78 is 35.4. The van der Waals surface area contributed by atoms with E-state index in [1.54, 1.807) is 54.6 Å². The lowest BCUT2D eigenvalue weighted by molar-refractivity contribution is -0.140. The van der Waals surface area contributed by atoms with Crippen LogP contribution in [0, 0.1) is 6.92 Å². The molecule has 1 fully saturated rings. The molecule has 264 valence electrons. The van der Waals surface area contributed by atoms with Crippen molar-refractivity contribution in [3.05, 3.63) is 124 Å². The van der Waals surface area contributed by atoms with Gasteiger partial charge in [-0.25, -0.2) is 8.42 Å². The van der Waals surface area contributed by atoms with Crippen molar-refractivity contribution < 1.29 is 22.7 Å². The number of halogens is 2. The minimum Gasteiger partial charge on any atom is -0.494 e. The number of nitrogens with one attached hydrogen (secondary N) is 1. The third-order valence-corrected chi connectivity index (χ3v) is 11.4. The van der Waals surface area contributed by atoms with Gasteiger partial charge in [0, 0.05) is 34.6 Å². The molecular weight excluding hydrogens is 693 g/mol. The van der Waals surface area contributed by atoms with Crippen molar-refractivity contribution in [2.75, 3.05) is 17.5 Å². The molecule has 0 bridgehead atoms. The molecule has 0 saturated heterocycles. The summed E-state index contributed by atoms with van der Waals surface area (Å²) in [5.41, 5.74) is 2.46. The third-order valence-electron chi connectivity index (χ3n) is 8.94. The van der Waals surface area contributed by atoms with Crippen molar-refractivity contribution >= 4 is 50.7 Å². The van der Waals surface area contributed by atoms with E-state index in [2.05, 4.69) is 5.32 Å². The van der Waals surface area contributed by atoms with Crippen LogP contribution in [0.2, 0.25) is 10.0 Å². The maximum absolute atomic E-state index is 14.8. The second-order valence-electron chi connectivity index (χ2n) is 12.5. The van der Waals surface area contributed by atoms with Gasteiger partial charge in [-0.15, -0.1) is 0 Å². The maximum Gasteiger partial charge on any atom is 0.264 e. The number of anilines is 1. The average Bonchev–Trinajstić information content (AvgIpc) is 3.11. The summed E-state index contributed by atoms with van der Waals surface area (Å²) >= 11 is 13.3. The monoisotopic (exact) mass is 735 g/mol. The minimum absolute atomic E-state index is 0.0161. The molecule has 4 aromatic carbocycles. The van der Waals surface area contributed by atoms with Crippen LogP contribution in [0.15, 0.2) is 102 Å². The molecule has 50 heavy (non-hydrogen) atoms. The van der Waals surface area contributed by atoms with Gasteiger partial charge in [-0.2, -0.15) is 0 Å². The molecule has 0 radical (unpaired) electrons. The van der Waals surface area contributed by atoms with Gasteiger partial charge in [0.1, 0.15) is 18.3 Å². The van der Waals surface area contributed by atoms with Crippen molar-refractivity contribution in [3.63, 3.8) is 0 Å². The van der Waals surface area contributed by atoms with Gasteiger partial charge in [0.25, 0.3) is 10.0 Å². The van der Waals surface area contributed by atoms with E-state index in [9.17, 15) is 18.0 Å². The summed E-state index contributed by atoms with van der Waals surface area (Å²) in [5, 5.41) is 3.87. The quantitative estimate of drug-likeness (QED) is 0.142. The molecule has 1 aliphatic carbocycles. The molecule has 1 aliphatic rings. The number of aryl methyl sites for hydroxylation is 1. The number of nitrogens with zero attached hydrogens (tertiary/aromatic N) is 2. The summed E-state index contributed by atoms with van der Waals surface area (Å²) in [6.45, 7) is 3.46. The van der Waals surface area contributed by atoms with Gasteiger partial charge in [0.15, 0.2) is 0 Å². The maximum atomic E-state index is 14.8. The number of ether oxygens (including phenoxy) is 1. The number of carbonyl (C=O) groups excluding carboxylic acids is 2. The van der Waals surface area contributed by atoms with E-state index in [-0.39, 0.29) is 35.5 Å². The zero-order valence-corrected chi connectivity index (χ0v) is 30.7. The Morgan fingerprint density at radius 1 is 0.860 bits per heavy atom. The highest BCUT2D eigenvalue weighted by Gasteiger charge is 2.36. The molecule has 4 aromatic rings. The molecule has 0 aliphatic heterocycles. The van der Waals surface area contributed by atoms with Crippen LogP contribution >= 0.6 is 23.2 Å². The highest BCUT2D eigenvalue weighted by molar-refractivity contribution is 7.92. The second kappa shape index (κ2) is 17.2. The van der Waals surface area contributed by atoms with E-state index in [4.69, 9.17) is 27.9 Å². The Bertz CT molecular complexity index is 1830. The van der Waals surface area contributed by atoms with E-state index < -0.39 is 28.5 Å². The van der Waals surface area contributed by atoms with Crippen LogP contribution in [-0.2, 0) is 32.6 Å². The lowest BCUT2D eigenvalue weighted by Crippen LogP contribution is -2.55. The minimum atomic E-state index is -4.25. The highest BCUT2D eigenvalue weighted by atomic mass is 35.5. The molecule has 2 amide bonds. The van der Waals surface area contributed by atoms with Crippen molar-refractivity contribution in [3.8, 4) is 5.75 Å². The van der Waals surface area contributed by atoms with Gasteiger partial charge in [0.2, 0.25) is 11.8 Å². The first-order valence-electron chi connectivity index (χ1n) is 17.0. The largest absolute Gasteiger partial charge is 0.494 e. The zero-order chi connectivity index (χ0) is 35.7. The van der Waals surface area contributed by atoms with E-state index >= 15 is 0 Å². The Kier molecular flexibility index (Phi) is 12.8. The van der Waals surface area contributed by atoms with Gasteiger partial charge in [0.05, 0.1) is 17.2 Å². The summed E-state index contributed by atoms with van der Waals surface area (Å²) in [6, 6.07) is 26.5. The van der Waals surface area contributed by atoms with Crippen molar-refractivity contribution in [2.45, 2.75) is 75.9 Å². The van der Waals surface area contributed by atoms with Gasteiger partial charge >= 0.3 is 0 Å². The first-order valence-corrected chi connectivity index (χ1v) is 19.2. The standard InChI is InChI=1S/C39H43Cl2N3O5S/c1-3-49-32-21-19-31(20-22-32)44(50(47,48)33-23-17-28(2)18-24-33)27-38(45)43(26-34-35(40)15-10-16-36(34)41)37(25-29-11-6-4-7-12-29)39(46)42-30-13-8-5-9-14-30/h4,6-7,10-12,15-24,30,37H,3,5,8-9,13-14,25-27H2,1-2H3,(H,42,46). The van der Waals surface area contributed by atoms with Crippen LogP contribution in [0.25, 0.3) is 0 Å². The third kappa shape index (κ3) is 9.38. The Morgan fingerprint density at radius 2 is 1.50 bits per heavy atom. The van der Waals surface area contributed by atoms with Gasteiger partial charge < -0.3 is 15.0 Å². The number of benzene rings is 4. The summed E-state index contributed by atoms with van der Waals surface area (Å²) in [5.74, 6) is -0.343. The SMILES string of the molecule is CCOc1ccc(N(CC(=O)N(Cc2c(Cl)cccc2Cl)C(Cc2ccccc2)C(=O)NC2CCCCC2)S(=O)(=O)c2ccc(C)cc2)cc1. The van der Waals surface area contributed by atoms with Crippen LogP contribution in [-0.4, -0.2) is 50.4 Å². The smallest absolute Gasteiger partial charge is 0.264 e. The van der Waals surface area contributed by atoms with Crippen LogP contribution in [0.3, 0.4) is 0 Å². The van der Waals surface area contributed by atoms with E-state index in [0.717, 1.165) is 47.5 Å². The lowest BCUT2D eigenvalue weighted by Gasteiger charge is -2.35. The van der Waals surface area contributed by atoms with Crippen molar-refractivity contribution in [1.29, 1.82) is 0 Å². The first-order chi connectivity index (χ1) is 24.1. The summed E-state index contributed by atoms with van der Waals surface area (Å²) in [7, 11) is -4.25. The Hall–Kier alpha value is -4.05. The number of sulfonamides is 1. The number of hydrogen-bond donors (Lipinski definition) is 1. The Balaban J connectivity index is 1.59.